The minimum Gasteiger partial charge on any atom is -0.310 e. The van der Waals surface area contributed by atoms with E-state index in [0.717, 1.165) is 5.69 Å². The van der Waals surface area contributed by atoms with Crippen LogP contribution in [0.1, 0.15) is 0 Å². The third kappa shape index (κ3) is 3.92. The summed E-state index contributed by atoms with van der Waals surface area (Å²) in [5, 5.41) is 10.8. The van der Waals surface area contributed by atoms with Crippen LogP contribution in [0.15, 0.2) is 140 Å². The number of rotatable bonds is 3. The molecule has 0 radical (unpaired) electrons. The highest BCUT2D eigenvalue weighted by Crippen LogP contribution is 2.47. The molecule has 4 aromatic heterocycles. The van der Waals surface area contributed by atoms with E-state index in [1.165, 1.54) is 92.1 Å². The van der Waals surface area contributed by atoms with Crippen molar-refractivity contribution >= 4 is 143 Å². The van der Waals surface area contributed by atoms with E-state index in [9.17, 15) is 0 Å². The van der Waals surface area contributed by atoms with Crippen LogP contribution >= 0.6 is 45.3 Å². The van der Waals surface area contributed by atoms with E-state index < -0.39 is 0 Å². The van der Waals surface area contributed by atoms with Gasteiger partial charge in [0.1, 0.15) is 0 Å². The minimum absolute atomic E-state index is 1.16. The fraction of sp³-hybridized carbons (Fsp3) is 0. The number of nitrogens with zero attached hydrogens (tertiary/aromatic N) is 1. The number of hydrogen-bond donors (Lipinski definition) is 0. The zero-order valence-corrected chi connectivity index (χ0v) is 28.1. The smallest absolute Gasteiger partial charge is 0.0476 e. The molecule has 0 unspecified atom stereocenters. The molecule has 11 aromatic rings. The average molecular weight is 670 g/mol. The summed E-state index contributed by atoms with van der Waals surface area (Å²) < 4.78 is 10.8. The summed E-state index contributed by atoms with van der Waals surface area (Å²) in [6.45, 7) is 0. The van der Waals surface area contributed by atoms with Gasteiger partial charge in [0.25, 0.3) is 0 Å². The monoisotopic (exact) mass is 669 g/mol. The second-order valence-corrected chi connectivity index (χ2v) is 16.5. The fourth-order valence-corrected chi connectivity index (χ4v) is 11.8. The Balaban J connectivity index is 1.09. The first-order valence-electron chi connectivity index (χ1n) is 15.7. The first-order chi connectivity index (χ1) is 23.2. The van der Waals surface area contributed by atoms with Gasteiger partial charge >= 0.3 is 0 Å². The molecule has 11 rings (SSSR count). The van der Waals surface area contributed by atoms with Crippen molar-refractivity contribution < 1.29 is 0 Å². The Morgan fingerprint density at radius 2 is 0.660 bits per heavy atom. The van der Waals surface area contributed by atoms with Gasteiger partial charge in [-0.1, -0.05) is 60.7 Å². The summed E-state index contributed by atoms with van der Waals surface area (Å²) in [6.07, 6.45) is 0. The van der Waals surface area contributed by atoms with Crippen LogP contribution in [0.2, 0.25) is 0 Å². The van der Waals surface area contributed by atoms with Gasteiger partial charge in [-0.05, 0) is 78.9 Å². The van der Waals surface area contributed by atoms with Gasteiger partial charge in [-0.15, -0.1) is 45.3 Å². The Kier molecular flexibility index (Phi) is 5.52. The first-order valence-corrected chi connectivity index (χ1v) is 18.9. The molecule has 0 bridgehead atoms. The van der Waals surface area contributed by atoms with E-state index in [2.05, 4.69) is 144 Å². The minimum atomic E-state index is 1.16. The normalized spacial score (nSPS) is 12.3. The Hall–Kier alpha value is -4.78. The third-order valence-corrected chi connectivity index (χ3v) is 14.0. The van der Waals surface area contributed by atoms with E-state index in [4.69, 9.17) is 0 Å². The summed E-state index contributed by atoms with van der Waals surface area (Å²) in [4.78, 5) is 2.40. The van der Waals surface area contributed by atoms with Crippen LogP contribution in [0.3, 0.4) is 0 Å². The predicted molar refractivity (Wildman–Crippen MR) is 213 cm³/mol. The molecular formula is C42H23NS4. The molecule has 0 amide bonds. The zero-order chi connectivity index (χ0) is 30.6. The average Bonchev–Trinajstić information content (AvgIpc) is 3.86. The quantitative estimate of drug-likeness (QED) is 0.181. The lowest BCUT2D eigenvalue weighted by molar-refractivity contribution is 1.30. The van der Waals surface area contributed by atoms with Crippen molar-refractivity contribution in [3.8, 4) is 0 Å². The van der Waals surface area contributed by atoms with Gasteiger partial charge in [-0.2, -0.15) is 0 Å². The lowest BCUT2D eigenvalue weighted by Gasteiger charge is -2.25. The van der Waals surface area contributed by atoms with Crippen molar-refractivity contribution in [1.29, 1.82) is 0 Å². The van der Waals surface area contributed by atoms with Crippen molar-refractivity contribution in [3.63, 3.8) is 0 Å². The molecule has 220 valence electrons. The highest BCUT2D eigenvalue weighted by atomic mass is 32.1. The Morgan fingerprint density at radius 1 is 0.255 bits per heavy atom. The van der Waals surface area contributed by atoms with Crippen LogP contribution in [-0.4, -0.2) is 0 Å². The van der Waals surface area contributed by atoms with Gasteiger partial charge in [0.2, 0.25) is 0 Å². The molecule has 0 aliphatic rings. The second-order valence-electron chi connectivity index (χ2n) is 12.1. The third-order valence-electron chi connectivity index (χ3n) is 9.44. The molecule has 0 saturated carbocycles. The molecule has 0 fully saturated rings. The number of benzene rings is 7. The molecule has 5 heteroatoms. The van der Waals surface area contributed by atoms with Crippen LogP contribution in [0.25, 0.3) is 80.7 Å². The van der Waals surface area contributed by atoms with Crippen LogP contribution in [0.5, 0.6) is 0 Å². The molecule has 7 aromatic carbocycles. The van der Waals surface area contributed by atoms with Gasteiger partial charge in [-0.25, -0.2) is 0 Å². The maximum atomic E-state index is 2.44. The number of fused-ring (bicyclic) bond motifs is 12. The zero-order valence-electron chi connectivity index (χ0n) is 24.9. The SMILES string of the molecule is c1ccc(N(c2ccc3c(c2)sc2cc4c(cc23)sc2cc3c(cc24)sc2ccccc23)c2ccc3sc4ccccc4c3c2)cc1. The number of thiophene rings is 4. The van der Waals surface area contributed by atoms with E-state index in [1.807, 2.05) is 45.3 Å². The number of para-hydroxylation sites is 1. The lowest BCUT2D eigenvalue weighted by Crippen LogP contribution is -2.09. The van der Waals surface area contributed by atoms with E-state index in [-0.39, 0.29) is 0 Å². The molecule has 0 atom stereocenters. The summed E-state index contributed by atoms with van der Waals surface area (Å²) in [5.41, 5.74) is 3.51. The van der Waals surface area contributed by atoms with Crippen LogP contribution in [0.4, 0.5) is 17.1 Å². The van der Waals surface area contributed by atoms with E-state index in [1.54, 1.807) is 0 Å². The summed E-state index contributed by atoms with van der Waals surface area (Å²) in [6, 6.07) is 51.9. The van der Waals surface area contributed by atoms with Crippen molar-refractivity contribution in [3.05, 3.63) is 140 Å². The molecule has 1 nitrogen and oxygen atoms in total. The maximum Gasteiger partial charge on any atom is 0.0476 e. The van der Waals surface area contributed by atoms with E-state index >= 15 is 0 Å². The molecule has 0 aliphatic heterocycles. The first kappa shape index (κ1) is 26.3. The molecule has 0 spiro atoms. The number of anilines is 3. The largest absolute Gasteiger partial charge is 0.310 e. The molecule has 47 heavy (non-hydrogen) atoms. The molecule has 0 N–H and O–H groups in total. The Morgan fingerprint density at radius 3 is 1.30 bits per heavy atom. The van der Waals surface area contributed by atoms with Crippen LogP contribution in [-0.2, 0) is 0 Å². The van der Waals surface area contributed by atoms with Crippen LogP contribution < -0.4 is 4.90 Å². The molecule has 0 saturated heterocycles. The fourth-order valence-electron chi connectivity index (χ4n) is 7.27. The second kappa shape index (κ2) is 9.86. The predicted octanol–water partition coefficient (Wildman–Crippen LogP) is 14.6. The molecule has 0 aliphatic carbocycles. The van der Waals surface area contributed by atoms with Crippen molar-refractivity contribution in [2.75, 3.05) is 4.90 Å². The summed E-state index contributed by atoms with van der Waals surface area (Å²) in [5.74, 6) is 0. The van der Waals surface area contributed by atoms with E-state index in [0.29, 0.717) is 0 Å². The van der Waals surface area contributed by atoms with Crippen molar-refractivity contribution in [1.82, 2.24) is 0 Å². The highest BCUT2D eigenvalue weighted by Gasteiger charge is 2.18. The van der Waals surface area contributed by atoms with Crippen molar-refractivity contribution in [2.45, 2.75) is 0 Å². The lowest BCUT2D eigenvalue weighted by atomic mass is 10.1. The topological polar surface area (TPSA) is 3.24 Å². The Bertz CT molecular complexity index is 3030. The van der Waals surface area contributed by atoms with Gasteiger partial charge in [0, 0.05) is 97.8 Å². The van der Waals surface area contributed by atoms with Crippen LogP contribution in [0, 0.1) is 0 Å². The van der Waals surface area contributed by atoms with Gasteiger partial charge in [0.15, 0.2) is 0 Å². The summed E-state index contributed by atoms with van der Waals surface area (Å²) >= 11 is 7.59. The maximum absolute atomic E-state index is 2.44. The molecule has 4 heterocycles. The van der Waals surface area contributed by atoms with Gasteiger partial charge < -0.3 is 4.90 Å². The van der Waals surface area contributed by atoms with Gasteiger partial charge in [0.05, 0.1) is 0 Å². The van der Waals surface area contributed by atoms with Gasteiger partial charge in [-0.3, -0.25) is 0 Å². The highest BCUT2D eigenvalue weighted by molar-refractivity contribution is 7.28. The Labute approximate surface area is 285 Å². The standard InChI is InChI=1S/C42H23NS4/c1-2-8-24(9-3-1)43(25-15-17-37-30(18-25)27-10-4-6-12-35(27)44-37)26-14-16-29-32-21-42-34(23-40(32)46-38(29)19-26)33-22-39-31(20-41(33)47-42)28-11-5-7-13-36(28)45-39/h1-23H. The molecular weight excluding hydrogens is 647 g/mol. The number of hydrogen-bond acceptors (Lipinski definition) is 5. The summed E-state index contributed by atoms with van der Waals surface area (Å²) in [7, 11) is 0. The van der Waals surface area contributed by atoms with Crippen molar-refractivity contribution in [2.24, 2.45) is 0 Å².